The minimum absolute atomic E-state index is 0.0128. The van der Waals surface area contributed by atoms with Gasteiger partial charge in [0.15, 0.2) is 10.8 Å². The lowest BCUT2D eigenvalue weighted by Gasteiger charge is -2.35. The molecule has 2 N–H and O–H groups in total. The number of thiazole rings is 1. The van der Waals surface area contributed by atoms with Crippen LogP contribution < -0.4 is 5.32 Å². The van der Waals surface area contributed by atoms with E-state index in [1.54, 1.807) is 6.92 Å². The molecule has 2 aliphatic rings. The first-order chi connectivity index (χ1) is 17.7. The number of nitrogens with one attached hydrogen (secondary N) is 1. The van der Waals surface area contributed by atoms with E-state index in [0.717, 1.165) is 5.69 Å². The Bertz CT molecular complexity index is 1230. The number of benzene rings is 1. The molecular weight excluding hydrogens is 523 g/mol. The van der Waals surface area contributed by atoms with Crippen LogP contribution in [0.4, 0.5) is 4.39 Å². The van der Waals surface area contributed by atoms with Crippen molar-refractivity contribution in [1.29, 1.82) is 0 Å². The van der Waals surface area contributed by atoms with Crippen LogP contribution in [0, 0.1) is 12.7 Å². The van der Waals surface area contributed by atoms with Gasteiger partial charge in [-0.15, -0.1) is 11.3 Å². The number of carbonyl (C=O) groups is 2. The predicted molar refractivity (Wildman–Crippen MR) is 137 cm³/mol. The summed E-state index contributed by atoms with van der Waals surface area (Å²) in [6.45, 7) is 5.62. The summed E-state index contributed by atoms with van der Waals surface area (Å²) in [4.78, 5) is 35.7. The Morgan fingerprint density at radius 3 is 2.89 bits per heavy atom. The van der Waals surface area contributed by atoms with Gasteiger partial charge in [0.25, 0.3) is 0 Å². The SMILES string of the molecule is CCOC(=O)C1=C(CN2CCO[C@H](CCC(=O)O)C2)NC(c2nc(C)cs2)=N[C@H]1c1ccc(F)cc1Cl. The summed E-state index contributed by atoms with van der Waals surface area (Å²) in [6.07, 6.45) is 0.165. The summed E-state index contributed by atoms with van der Waals surface area (Å²) in [7, 11) is 0. The Morgan fingerprint density at radius 2 is 2.22 bits per heavy atom. The Labute approximate surface area is 223 Å². The van der Waals surface area contributed by atoms with Crippen LogP contribution in [-0.2, 0) is 19.1 Å². The third-order valence-electron chi connectivity index (χ3n) is 5.98. The number of carbonyl (C=O) groups excluding carboxylic acids is 1. The molecule has 0 unspecified atom stereocenters. The van der Waals surface area contributed by atoms with E-state index in [4.69, 9.17) is 31.2 Å². The van der Waals surface area contributed by atoms with Gasteiger partial charge in [-0.2, -0.15) is 0 Å². The summed E-state index contributed by atoms with van der Waals surface area (Å²) in [6, 6.07) is 3.16. The van der Waals surface area contributed by atoms with Crippen LogP contribution in [-0.4, -0.2) is 71.7 Å². The van der Waals surface area contributed by atoms with Gasteiger partial charge in [0.1, 0.15) is 11.9 Å². The summed E-state index contributed by atoms with van der Waals surface area (Å²) in [5.74, 6) is -1.45. The molecule has 0 radical (unpaired) electrons. The van der Waals surface area contributed by atoms with Crippen LogP contribution in [0.25, 0.3) is 0 Å². The number of aliphatic imine (C=N–C) groups is 1. The number of esters is 1. The second-order valence-electron chi connectivity index (χ2n) is 8.74. The monoisotopic (exact) mass is 550 g/mol. The number of amidine groups is 1. The largest absolute Gasteiger partial charge is 0.481 e. The fraction of sp³-hybridized carbons (Fsp3) is 0.440. The molecule has 12 heteroatoms. The smallest absolute Gasteiger partial charge is 0.338 e. The molecule has 198 valence electrons. The van der Waals surface area contributed by atoms with Crippen LogP contribution >= 0.6 is 22.9 Å². The molecular formula is C25H28ClFN4O5S. The molecule has 2 aromatic rings. The highest BCUT2D eigenvalue weighted by molar-refractivity contribution is 7.11. The van der Waals surface area contributed by atoms with E-state index in [1.165, 1.54) is 29.5 Å². The number of nitrogens with zero attached hydrogens (tertiary/aromatic N) is 3. The minimum atomic E-state index is -0.874. The zero-order valence-corrected chi connectivity index (χ0v) is 22.1. The number of hydrogen-bond acceptors (Lipinski definition) is 9. The normalized spacial score (nSPS) is 20.4. The zero-order chi connectivity index (χ0) is 26.5. The number of aromatic nitrogens is 1. The third-order valence-corrected chi connectivity index (χ3v) is 7.28. The molecule has 0 bridgehead atoms. The quantitative estimate of drug-likeness (QED) is 0.454. The third kappa shape index (κ3) is 6.72. The van der Waals surface area contributed by atoms with Crippen molar-refractivity contribution in [2.75, 3.05) is 32.8 Å². The highest BCUT2D eigenvalue weighted by atomic mass is 35.5. The van der Waals surface area contributed by atoms with Gasteiger partial charge in [0.05, 0.1) is 24.9 Å². The average molecular weight is 551 g/mol. The number of morpholine rings is 1. The molecule has 9 nitrogen and oxygen atoms in total. The summed E-state index contributed by atoms with van der Waals surface area (Å²) in [5.41, 5.74) is 2.15. The molecule has 0 spiro atoms. The van der Waals surface area contributed by atoms with Crippen molar-refractivity contribution in [1.82, 2.24) is 15.2 Å². The Kier molecular flexibility index (Phi) is 8.91. The van der Waals surface area contributed by atoms with E-state index >= 15 is 0 Å². The van der Waals surface area contributed by atoms with Crippen molar-refractivity contribution >= 4 is 40.7 Å². The highest BCUT2D eigenvalue weighted by Crippen LogP contribution is 2.37. The van der Waals surface area contributed by atoms with Crippen molar-refractivity contribution < 1.29 is 28.6 Å². The van der Waals surface area contributed by atoms with Crippen LogP contribution in [0.1, 0.15) is 42.1 Å². The van der Waals surface area contributed by atoms with Gasteiger partial charge in [0, 0.05) is 53.4 Å². The fourth-order valence-electron chi connectivity index (χ4n) is 4.30. The maximum absolute atomic E-state index is 13.9. The van der Waals surface area contributed by atoms with E-state index in [1.807, 2.05) is 12.3 Å². The van der Waals surface area contributed by atoms with E-state index in [0.29, 0.717) is 54.8 Å². The van der Waals surface area contributed by atoms with Gasteiger partial charge in [-0.1, -0.05) is 17.7 Å². The zero-order valence-electron chi connectivity index (χ0n) is 20.5. The van der Waals surface area contributed by atoms with Crippen molar-refractivity contribution in [3.63, 3.8) is 0 Å². The summed E-state index contributed by atoms with van der Waals surface area (Å²) < 4.78 is 25.0. The van der Waals surface area contributed by atoms with Crippen molar-refractivity contribution in [3.05, 3.63) is 62.0 Å². The molecule has 1 fully saturated rings. The van der Waals surface area contributed by atoms with E-state index in [9.17, 15) is 14.0 Å². The maximum Gasteiger partial charge on any atom is 0.338 e. The van der Waals surface area contributed by atoms with Crippen LogP contribution in [0.5, 0.6) is 0 Å². The molecule has 1 saturated heterocycles. The number of halogens is 2. The standard InChI is InChI=1S/C25H28ClFN4O5S/c1-3-35-25(34)21-19(12-31-8-9-36-16(11-31)5-7-20(32)33)29-23(24-28-14(2)13-37-24)30-22(21)17-6-4-15(27)10-18(17)26/h4,6,10,13,16,22H,3,5,7-9,11-12H2,1-2H3,(H,29,30)(H,32,33)/t16-,22+/m1/s1. The molecule has 2 atom stereocenters. The lowest BCUT2D eigenvalue weighted by Crippen LogP contribution is -2.46. The number of aryl methyl sites for hydroxylation is 1. The van der Waals surface area contributed by atoms with Crippen molar-refractivity contribution in [3.8, 4) is 0 Å². The lowest BCUT2D eigenvalue weighted by atomic mass is 9.95. The Hall–Kier alpha value is -2.86. The van der Waals surface area contributed by atoms with Gasteiger partial charge >= 0.3 is 11.9 Å². The second kappa shape index (κ2) is 12.1. The molecule has 0 saturated carbocycles. The first-order valence-electron chi connectivity index (χ1n) is 11.9. The van der Waals surface area contributed by atoms with Gasteiger partial charge < -0.3 is 19.9 Å². The molecule has 3 heterocycles. The second-order valence-corrected chi connectivity index (χ2v) is 10.0. The molecule has 2 aliphatic heterocycles. The minimum Gasteiger partial charge on any atom is -0.481 e. The Morgan fingerprint density at radius 1 is 1.41 bits per heavy atom. The molecule has 1 aromatic heterocycles. The number of ether oxygens (including phenoxy) is 2. The predicted octanol–water partition coefficient (Wildman–Crippen LogP) is 3.72. The first kappa shape index (κ1) is 27.2. The maximum atomic E-state index is 13.9. The van der Waals surface area contributed by atoms with Crippen molar-refractivity contribution in [2.24, 2.45) is 4.99 Å². The summed E-state index contributed by atoms with van der Waals surface area (Å²) in [5, 5.41) is 15.0. The van der Waals surface area contributed by atoms with Gasteiger partial charge in [0.2, 0.25) is 0 Å². The lowest BCUT2D eigenvalue weighted by molar-refractivity contribution is -0.139. The summed E-state index contributed by atoms with van der Waals surface area (Å²) >= 11 is 7.85. The number of rotatable bonds is 9. The van der Waals surface area contributed by atoms with E-state index < -0.39 is 23.8 Å². The molecule has 0 amide bonds. The first-order valence-corrected chi connectivity index (χ1v) is 13.2. The number of aliphatic carboxylic acids is 1. The van der Waals surface area contributed by atoms with Gasteiger partial charge in [-0.05, 0) is 32.4 Å². The van der Waals surface area contributed by atoms with Crippen molar-refractivity contribution in [2.45, 2.75) is 38.8 Å². The highest BCUT2D eigenvalue weighted by Gasteiger charge is 2.35. The Balaban J connectivity index is 1.73. The topological polar surface area (TPSA) is 113 Å². The van der Waals surface area contributed by atoms with Crippen LogP contribution in [0.3, 0.4) is 0 Å². The number of hydrogen-bond donors (Lipinski definition) is 2. The van der Waals surface area contributed by atoms with E-state index in [-0.39, 0.29) is 29.7 Å². The number of carboxylic acid groups (broad SMARTS) is 1. The number of carboxylic acids is 1. The van der Waals surface area contributed by atoms with Gasteiger partial charge in [-0.25, -0.2) is 14.2 Å². The molecule has 1 aromatic carbocycles. The molecule has 4 rings (SSSR count). The van der Waals surface area contributed by atoms with Crippen LogP contribution in [0.2, 0.25) is 5.02 Å². The fourth-order valence-corrected chi connectivity index (χ4v) is 5.31. The van der Waals surface area contributed by atoms with Gasteiger partial charge in [-0.3, -0.25) is 14.7 Å². The van der Waals surface area contributed by atoms with E-state index in [2.05, 4.69) is 15.2 Å². The van der Waals surface area contributed by atoms with Crippen LogP contribution in [0.15, 0.2) is 39.8 Å². The average Bonchev–Trinajstić information content (AvgIpc) is 3.29. The molecule has 37 heavy (non-hydrogen) atoms. The molecule has 0 aliphatic carbocycles.